The van der Waals surface area contributed by atoms with Crippen LogP contribution in [0.2, 0.25) is 0 Å². The summed E-state index contributed by atoms with van der Waals surface area (Å²) in [5, 5.41) is 8.58. The average molecular weight is 398 g/mol. The fourth-order valence-electron chi connectivity index (χ4n) is 3.15. The monoisotopic (exact) mass is 398 g/mol. The molecule has 0 bridgehead atoms. The lowest BCUT2D eigenvalue weighted by molar-refractivity contribution is 0.595. The molecule has 0 saturated carbocycles. The Balaban J connectivity index is 1.49. The highest BCUT2D eigenvalue weighted by Gasteiger charge is 2.16. The van der Waals surface area contributed by atoms with Gasteiger partial charge in [0.15, 0.2) is 5.82 Å². The highest BCUT2D eigenvalue weighted by Crippen LogP contribution is 2.23. The number of hydrogen-bond donors (Lipinski definition) is 1. The summed E-state index contributed by atoms with van der Waals surface area (Å²) in [4.78, 5) is 2.08. The quantitative estimate of drug-likeness (QED) is 0.710. The molecule has 4 rings (SSSR count). The minimum Gasteiger partial charge on any atom is -0.355 e. The molecule has 2 heterocycles. The van der Waals surface area contributed by atoms with Gasteiger partial charge in [0.25, 0.3) is 10.0 Å². The predicted molar refractivity (Wildman–Crippen MR) is 106 cm³/mol. The van der Waals surface area contributed by atoms with E-state index in [-0.39, 0.29) is 4.90 Å². The maximum absolute atomic E-state index is 13.3. The van der Waals surface area contributed by atoms with Crippen LogP contribution in [0.4, 0.5) is 15.9 Å². The molecule has 1 aliphatic heterocycles. The Morgan fingerprint density at radius 2 is 1.68 bits per heavy atom. The van der Waals surface area contributed by atoms with Gasteiger partial charge in [-0.25, -0.2) is 12.8 Å². The van der Waals surface area contributed by atoms with Crippen LogP contribution in [0.1, 0.15) is 12.8 Å². The third kappa shape index (κ3) is 3.96. The summed E-state index contributed by atoms with van der Waals surface area (Å²) in [5.74, 6) is 0.273. The van der Waals surface area contributed by atoms with Crippen LogP contribution in [0.25, 0.3) is 11.3 Å². The Bertz CT molecular complexity index is 1060. The second-order valence-electron chi connectivity index (χ2n) is 6.61. The highest BCUT2D eigenvalue weighted by molar-refractivity contribution is 7.92. The van der Waals surface area contributed by atoms with E-state index in [1.807, 2.05) is 12.1 Å². The second kappa shape index (κ2) is 7.55. The molecule has 0 aliphatic carbocycles. The lowest BCUT2D eigenvalue weighted by atomic mass is 10.1. The number of hydrogen-bond acceptors (Lipinski definition) is 5. The molecule has 0 spiro atoms. The largest absolute Gasteiger partial charge is 0.355 e. The molecular formula is C20H19FN4O2S. The van der Waals surface area contributed by atoms with Crippen molar-refractivity contribution in [3.8, 4) is 11.3 Å². The first-order valence-electron chi connectivity index (χ1n) is 8.99. The van der Waals surface area contributed by atoms with Gasteiger partial charge in [-0.15, -0.1) is 10.2 Å². The SMILES string of the molecule is O=S(=O)(Nc1ccc(-c2ccc(N3CCCC3)nn2)cc1)c1cccc(F)c1. The fourth-order valence-corrected chi connectivity index (χ4v) is 4.24. The average Bonchev–Trinajstić information content (AvgIpc) is 3.23. The first-order valence-corrected chi connectivity index (χ1v) is 10.5. The van der Waals surface area contributed by atoms with Crippen LogP contribution in [-0.4, -0.2) is 31.7 Å². The third-order valence-corrected chi connectivity index (χ3v) is 6.00. The van der Waals surface area contributed by atoms with Gasteiger partial charge in [0, 0.05) is 24.3 Å². The Morgan fingerprint density at radius 1 is 0.929 bits per heavy atom. The molecule has 28 heavy (non-hydrogen) atoms. The maximum Gasteiger partial charge on any atom is 0.261 e. The summed E-state index contributed by atoms with van der Waals surface area (Å²) in [6, 6.07) is 15.6. The number of benzene rings is 2. The Hall–Kier alpha value is -3.00. The van der Waals surface area contributed by atoms with Crippen molar-refractivity contribution in [2.75, 3.05) is 22.7 Å². The van der Waals surface area contributed by atoms with E-state index in [4.69, 9.17) is 0 Å². The van der Waals surface area contributed by atoms with Crippen molar-refractivity contribution in [3.05, 3.63) is 66.5 Å². The molecule has 0 unspecified atom stereocenters. The van der Waals surface area contributed by atoms with Crippen molar-refractivity contribution in [1.82, 2.24) is 10.2 Å². The summed E-state index contributed by atoms with van der Waals surface area (Å²) < 4.78 is 40.5. The molecule has 0 atom stereocenters. The Morgan fingerprint density at radius 3 is 2.32 bits per heavy atom. The smallest absolute Gasteiger partial charge is 0.261 e. The second-order valence-corrected chi connectivity index (χ2v) is 8.29. The van der Waals surface area contributed by atoms with Gasteiger partial charge in [-0.1, -0.05) is 18.2 Å². The number of rotatable bonds is 5. The summed E-state index contributed by atoms with van der Waals surface area (Å²) in [6.45, 7) is 2.02. The lowest BCUT2D eigenvalue weighted by Gasteiger charge is -2.15. The first-order chi connectivity index (χ1) is 13.5. The minimum atomic E-state index is -3.85. The topological polar surface area (TPSA) is 75.2 Å². The van der Waals surface area contributed by atoms with Gasteiger partial charge < -0.3 is 4.90 Å². The molecule has 6 nitrogen and oxygen atoms in total. The van der Waals surface area contributed by atoms with E-state index in [1.54, 1.807) is 24.3 Å². The van der Waals surface area contributed by atoms with E-state index in [0.717, 1.165) is 30.5 Å². The van der Waals surface area contributed by atoms with Crippen molar-refractivity contribution >= 4 is 21.5 Å². The van der Waals surface area contributed by atoms with Crippen LogP contribution in [0.3, 0.4) is 0 Å². The van der Waals surface area contributed by atoms with Crippen LogP contribution >= 0.6 is 0 Å². The van der Waals surface area contributed by atoms with E-state index in [1.165, 1.54) is 31.0 Å². The van der Waals surface area contributed by atoms with Crippen molar-refractivity contribution in [3.63, 3.8) is 0 Å². The van der Waals surface area contributed by atoms with Crippen molar-refractivity contribution in [1.29, 1.82) is 0 Å². The van der Waals surface area contributed by atoms with E-state index < -0.39 is 15.8 Å². The Kier molecular flexibility index (Phi) is 4.95. The maximum atomic E-state index is 13.3. The van der Waals surface area contributed by atoms with Gasteiger partial charge in [-0.05, 0) is 55.3 Å². The number of sulfonamides is 1. The van der Waals surface area contributed by atoms with Gasteiger partial charge in [0.1, 0.15) is 5.82 Å². The number of anilines is 2. The molecule has 8 heteroatoms. The van der Waals surface area contributed by atoms with Crippen LogP contribution in [0, 0.1) is 5.82 Å². The molecule has 1 saturated heterocycles. The third-order valence-electron chi connectivity index (χ3n) is 4.62. The summed E-state index contributed by atoms with van der Waals surface area (Å²) >= 11 is 0. The van der Waals surface area contributed by atoms with Crippen LogP contribution in [0.15, 0.2) is 65.6 Å². The molecule has 0 amide bonds. The number of halogens is 1. The van der Waals surface area contributed by atoms with Gasteiger partial charge >= 0.3 is 0 Å². The number of aromatic nitrogens is 2. The molecule has 1 aromatic heterocycles. The van der Waals surface area contributed by atoms with Gasteiger partial charge in [-0.3, -0.25) is 4.72 Å². The lowest BCUT2D eigenvalue weighted by Crippen LogP contribution is -2.19. The normalized spacial score (nSPS) is 14.2. The van der Waals surface area contributed by atoms with Gasteiger partial charge in [0.2, 0.25) is 0 Å². The minimum absolute atomic E-state index is 0.125. The van der Waals surface area contributed by atoms with Crippen LogP contribution < -0.4 is 9.62 Å². The van der Waals surface area contributed by atoms with Crippen molar-refractivity contribution in [2.24, 2.45) is 0 Å². The van der Waals surface area contributed by atoms with Crippen molar-refractivity contribution in [2.45, 2.75) is 17.7 Å². The summed E-state index contributed by atoms with van der Waals surface area (Å²) in [6.07, 6.45) is 2.35. The number of nitrogens with one attached hydrogen (secondary N) is 1. The summed E-state index contributed by atoms with van der Waals surface area (Å²) in [7, 11) is -3.85. The standard InChI is InChI=1S/C20H19FN4O2S/c21-16-4-3-5-18(14-16)28(26,27)24-17-8-6-15(7-9-17)19-10-11-20(23-22-19)25-12-1-2-13-25/h3-11,14,24H,1-2,12-13H2. The summed E-state index contributed by atoms with van der Waals surface area (Å²) in [5.41, 5.74) is 1.92. The molecule has 1 aliphatic rings. The zero-order valence-corrected chi connectivity index (χ0v) is 15.9. The predicted octanol–water partition coefficient (Wildman–Crippen LogP) is 3.68. The van der Waals surface area contributed by atoms with Crippen LogP contribution in [0.5, 0.6) is 0 Å². The molecular weight excluding hydrogens is 379 g/mol. The zero-order chi connectivity index (χ0) is 19.6. The molecule has 144 valence electrons. The van der Waals surface area contributed by atoms with Gasteiger partial charge in [-0.2, -0.15) is 0 Å². The van der Waals surface area contributed by atoms with E-state index in [9.17, 15) is 12.8 Å². The first kappa shape index (κ1) is 18.4. The van der Waals surface area contributed by atoms with Crippen LogP contribution in [-0.2, 0) is 10.0 Å². The molecule has 0 radical (unpaired) electrons. The highest BCUT2D eigenvalue weighted by atomic mass is 32.2. The molecule has 1 N–H and O–H groups in total. The molecule has 2 aromatic carbocycles. The van der Waals surface area contributed by atoms with Gasteiger partial charge in [0.05, 0.1) is 10.6 Å². The van der Waals surface area contributed by atoms with E-state index >= 15 is 0 Å². The van der Waals surface area contributed by atoms with Crippen molar-refractivity contribution < 1.29 is 12.8 Å². The number of nitrogens with zero attached hydrogens (tertiary/aromatic N) is 3. The molecule has 1 fully saturated rings. The zero-order valence-electron chi connectivity index (χ0n) is 15.0. The fraction of sp³-hybridized carbons (Fsp3) is 0.200. The molecule has 3 aromatic rings. The van der Waals surface area contributed by atoms with E-state index in [0.29, 0.717) is 11.4 Å². The van der Waals surface area contributed by atoms with E-state index in [2.05, 4.69) is 19.8 Å². The Labute approximate surface area is 163 Å².